The van der Waals surface area contributed by atoms with Crippen molar-refractivity contribution in [3.8, 4) is 0 Å². The Balaban J connectivity index is 1.92. The maximum atomic E-state index is 12.0. The third kappa shape index (κ3) is 5.14. The van der Waals surface area contributed by atoms with Crippen molar-refractivity contribution >= 4 is 35.0 Å². The highest BCUT2D eigenvalue weighted by molar-refractivity contribution is 6.31. The van der Waals surface area contributed by atoms with Crippen molar-refractivity contribution in [1.29, 1.82) is 0 Å². The van der Waals surface area contributed by atoms with E-state index in [2.05, 4.69) is 20.2 Å². The number of anilines is 3. The first kappa shape index (κ1) is 21.3. The summed E-state index contributed by atoms with van der Waals surface area (Å²) in [5.41, 5.74) is 6.57. The van der Waals surface area contributed by atoms with Gasteiger partial charge in [-0.15, -0.1) is 0 Å². The molecule has 1 unspecified atom stereocenters. The highest BCUT2D eigenvalue weighted by Crippen LogP contribution is 2.36. The van der Waals surface area contributed by atoms with Gasteiger partial charge in [0.2, 0.25) is 5.95 Å². The van der Waals surface area contributed by atoms with Gasteiger partial charge in [-0.05, 0) is 44.9 Å². The molecular weight excluding hydrogens is 394 g/mol. The van der Waals surface area contributed by atoms with Crippen LogP contribution in [0.15, 0.2) is 24.3 Å². The Labute approximate surface area is 175 Å². The molecule has 4 N–H and O–H groups in total. The molecule has 9 heteroatoms. The molecule has 2 aromatic rings. The lowest BCUT2D eigenvalue weighted by molar-refractivity contribution is -0.130. The summed E-state index contributed by atoms with van der Waals surface area (Å²) in [4.78, 5) is 22.7. The van der Waals surface area contributed by atoms with Gasteiger partial charge in [0.05, 0.1) is 12.6 Å². The molecule has 1 aromatic heterocycles. The van der Waals surface area contributed by atoms with Gasteiger partial charge in [0, 0.05) is 35.6 Å². The molecular formula is C20H26ClN5O3. The molecule has 1 aliphatic heterocycles. The smallest absolute Gasteiger partial charge is 0.255 e. The van der Waals surface area contributed by atoms with E-state index in [1.165, 1.54) is 13.8 Å². The van der Waals surface area contributed by atoms with Crippen LogP contribution in [0.3, 0.4) is 0 Å². The molecule has 2 heterocycles. The second-order valence-corrected chi connectivity index (χ2v) is 7.99. The second kappa shape index (κ2) is 8.52. The standard InChI is InChI=1S/C20H26ClN5O3/c1-12-10-17(25-19(22)23-12)26-7-9-29-8-6-16(26)14-5-4-13(11-15(14)21)24-18(27)20(2,3)28/h4-5,10-11,16,28H,6-9H2,1-3H3,(H,24,27)(H2,22,23,25). The molecule has 156 valence electrons. The Morgan fingerprint density at radius 3 is 2.76 bits per heavy atom. The van der Waals surface area contributed by atoms with Gasteiger partial charge in [-0.2, -0.15) is 4.98 Å². The zero-order valence-corrected chi connectivity index (χ0v) is 17.5. The second-order valence-electron chi connectivity index (χ2n) is 7.59. The van der Waals surface area contributed by atoms with E-state index < -0.39 is 11.5 Å². The number of benzene rings is 1. The van der Waals surface area contributed by atoms with E-state index in [1.807, 2.05) is 19.1 Å². The van der Waals surface area contributed by atoms with E-state index in [0.717, 1.165) is 23.5 Å². The fourth-order valence-corrected chi connectivity index (χ4v) is 3.56. The van der Waals surface area contributed by atoms with Crippen LogP contribution >= 0.6 is 11.6 Å². The van der Waals surface area contributed by atoms with Crippen molar-refractivity contribution in [2.75, 3.05) is 35.7 Å². The number of ether oxygens (including phenoxy) is 1. The molecule has 0 saturated carbocycles. The molecule has 1 amide bonds. The van der Waals surface area contributed by atoms with E-state index in [0.29, 0.717) is 30.5 Å². The number of nitrogens with one attached hydrogen (secondary N) is 1. The molecule has 1 saturated heterocycles. The zero-order chi connectivity index (χ0) is 21.2. The predicted octanol–water partition coefficient (Wildman–Crippen LogP) is 2.70. The van der Waals surface area contributed by atoms with Gasteiger partial charge in [0.25, 0.3) is 5.91 Å². The first-order chi connectivity index (χ1) is 13.6. The molecule has 0 bridgehead atoms. The quantitative estimate of drug-likeness (QED) is 0.698. The van der Waals surface area contributed by atoms with Crippen molar-refractivity contribution in [1.82, 2.24) is 9.97 Å². The third-order valence-electron chi connectivity index (χ3n) is 4.71. The maximum Gasteiger partial charge on any atom is 0.255 e. The summed E-state index contributed by atoms with van der Waals surface area (Å²) in [6.07, 6.45) is 0.720. The molecule has 29 heavy (non-hydrogen) atoms. The maximum absolute atomic E-state index is 12.0. The van der Waals surface area contributed by atoms with E-state index >= 15 is 0 Å². The van der Waals surface area contributed by atoms with Gasteiger partial charge in [0.1, 0.15) is 11.4 Å². The fraction of sp³-hybridized carbons (Fsp3) is 0.450. The first-order valence-corrected chi connectivity index (χ1v) is 9.82. The topological polar surface area (TPSA) is 114 Å². The Bertz CT molecular complexity index is 880. The van der Waals surface area contributed by atoms with Gasteiger partial charge in [-0.25, -0.2) is 4.98 Å². The lowest BCUT2D eigenvalue weighted by Crippen LogP contribution is -2.36. The van der Waals surface area contributed by atoms with Crippen molar-refractivity contribution in [3.63, 3.8) is 0 Å². The number of nitrogen functional groups attached to an aromatic ring is 1. The van der Waals surface area contributed by atoms with Crippen LogP contribution in [0.2, 0.25) is 5.02 Å². The van der Waals surface area contributed by atoms with Gasteiger partial charge in [-0.3, -0.25) is 4.79 Å². The molecule has 3 rings (SSSR count). The largest absolute Gasteiger partial charge is 0.381 e. The minimum Gasteiger partial charge on any atom is -0.381 e. The number of amides is 1. The highest BCUT2D eigenvalue weighted by Gasteiger charge is 2.28. The highest BCUT2D eigenvalue weighted by atomic mass is 35.5. The lowest BCUT2D eigenvalue weighted by atomic mass is 10.0. The van der Waals surface area contributed by atoms with Crippen LogP contribution in [-0.4, -0.2) is 46.3 Å². The SMILES string of the molecule is Cc1cc(N2CCOCCC2c2ccc(NC(=O)C(C)(C)O)cc2Cl)nc(N)n1. The summed E-state index contributed by atoms with van der Waals surface area (Å²) < 4.78 is 5.67. The van der Waals surface area contributed by atoms with Crippen molar-refractivity contribution in [2.24, 2.45) is 0 Å². The van der Waals surface area contributed by atoms with Crippen molar-refractivity contribution < 1.29 is 14.6 Å². The van der Waals surface area contributed by atoms with E-state index in [4.69, 9.17) is 22.1 Å². The zero-order valence-electron chi connectivity index (χ0n) is 16.8. The summed E-state index contributed by atoms with van der Waals surface area (Å²) >= 11 is 6.59. The molecule has 0 spiro atoms. The summed E-state index contributed by atoms with van der Waals surface area (Å²) in [5, 5.41) is 13.0. The number of aryl methyl sites for hydroxylation is 1. The minimum absolute atomic E-state index is 0.0715. The van der Waals surface area contributed by atoms with Gasteiger partial charge < -0.3 is 25.8 Å². The van der Waals surface area contributed by atoms with Crippen LogP contribution in [-0.2, 0) is 9.53 Å². The van der Waals surface area contributed by atoms with E-state index in [9.17, 15) is 9.90 Å². The predicted molar refractivity (Wildman–Crippen MR) is 113 cm³/mol. The molecule has 1 fully saturated rings. The van der Waals surface area contributed by atoms with Gasteiger partial charge in [0.15, 0.2) is 0 Å². The summed E-state index contributed by atoms with van der Waals surface area (Å²) in [5.74, 6) is 0.443. The number of hydrogen-bond donors (Lipinski definition) is 3. The van der Waals surface area contributed by atoms with E-state index in [-0.39, 0.29) is 12.0 Å². The number of aliphatic hydroxyl groups is 1. The van der Waals surface area contributed by atoms with Crippen molar-refractivity contribution in [2.45, 2.75) is 38.8 Å². The fourth-order valence-electron chi connectivity index (χ4n) is 3.25. The monoisotopic (exact) mass is 419 g/mol. The first-order valence-electron chi connectivity index (χ1n) is 9.44. The number of rotatable bonds is 4. The van der Waals surface area contributed by atoms with Crippen LogP contribution in [0.5, 0.6) is 0 Å². The number of aromatic nitrogens is 2. The number of carbonyl (C=O) groups excluding carboxylic acids is 1. The summed E-state index contributed by atoms with van der Waals surface area (Å²) in [7, 11) is 0. The molecule has 1 aromatic carbocycles. The van der Waals surface area contributed by atoms with Crippen LogP contribution < -0.4 is 16.0 Å². The molecule has 8 nitrogen and oxygen atoms in total. The van der Waals surface area contributed by atoms with Crippen LogP contribution in [0.25, 0.3) is 0 Å². The molecule has 1 atom stereocenters. The van der Waals surface area contributed by atoms with Crippen molar-refractivity contribution in [3.05, 3.63) is 40.5 Å². The molecule has 0 radical (unpaired) electrons. The minimum atomic E-state index is -1.48. The molecule has 0 aliphatic carbocycles. The number of hydrogen-bond acceptors (Lipinski definition) is 7. The number of halogens is 1. The molecule has 1 aliphatic rings. The summed E-state index contributed by atoms with van der Waals surface area (Å²) in [6.45, 7) is 6.52. The average Bonchev–Trinajstić information content (AvgIpc) is 2.86. The van der Waals surface area contributed by atoms with Gasteiger partial charge in [-0.1, -0.05) is 17.7 Å². The number of nitrogens with zero attached hydrogens (tertiary/aromatic N) is 3. The Morgan fingerprint density at radius 1 is 1.34 bits per heavy atom. The Kier molecular flexibility index (Phi) is 6.26. The van der Waals surface area contributed by atoms with Crippen LogP contribution in [0.1, 0.15) is 37.6 Å². The Hall–Kier alpha value is -2.42. The third-order valence-corrected chi connectivity index (χ3v) is 5.04. The van der Waals surface area contributed by atoms with Crippen LogP contribution in [0.4, 0.5) is 17.5 Å². The Morgan fingerprint density at radius 2 is 2.10 bits per heavy atom. The van der Waals surface area contributed by atoms with E-state index in [1.54, 1.807) is 12.1 Å². The normalized spacial score (nSPS) is 17.7. The van der Waals surface area contributed by atoms with Crippen LogP contribution in [0, 0.1) is 6.92 Å². The number of carbonyl (C=O) groups is 1. The lowest BCUT2D eigenvalue weighted by Gasteiger charge is -2.31. The number of nitrogens with two attached hydrogens (primary N) is 1. The summed E-state index contributed by atoms with van der Waals surface area (Å²) in [6, 6.07) is 7.15. The van der Waals surface area contributed by atoms with Gasteiger partial charge >= 0.3 is 0 Å². The average molecular weight is 420 g/mol.